The van der Waals surface area contributed by atoms with Crippen LogP contribution in [0.2, 0.25) is 5.15 Å². The third kappa shape index (κ3) is 2.98. The van der Waals surface area contributed by atoms with Crippen LogP contribution >= 0.6 is 11.6 Å². The zero-order chi connectivity index (χ0) is 13.1. The predicted molar refractivity (Wildman–Crippen MR) is 67.4 cm³/mol. The molecule has 1 aliphatic heterocycles. The maximum absolute atomic E-state index is 12.1. The molecular weight excluding hydrogens is 254 g/mol. The molecule has 96 valence electrons. The van der Waals surface area contributed by atoms with Crippen LogP contribution in [-0.2, 0) is 4.79 Å². The molecule has 1 atom stereocenters. The van der Waals surface area contributed by atoms with Crippen LogP contribution in [0.25, 0.3) is 0 Å². The average molecular weight is 268 g/mol. The Kier molecular flexibility index (Phi) is 3.81. The summed E-state index contributed by atoms with van der Waals surface area (Å²) in [5.74, 6) is -0.144. The lowest BCUT2D eigenvalue weighted by Crippen LogP contribution is -2.37. The number of amides is 2. The van der Waals surface area contributed by atoms with Crippen molar-refractivity contribution in [3.8, 4) is 0 Å². The number of hydrogen-bond donors (Lipinski definition) is 1. The Morgan fingerprint density at radius 1 is 1.50 bits per heavy atom. The molecule has 1 aromatic rings. The summed E-state index contributed by atoms with van der Waals surface area (Å²) >= 11 is 5.67. The largest absolute Gasteiger partial charge is 0.352 e. The second-order valence-electron chi connectivity index (χ2n) is 4.31. The summed E-state index contributed by atoms with van der Waals surface area (Å²) in [4.78, 5) is 28.7. The Morgan fingerprint density at radius 3 is 2.89 bits per heavy atom. The smallest absolute Gasteiger partial charge is 0.255 e. The molecule has 18 heavy (non-hydrogen) atoms. The first-order valence-electron chi connectivity index (χ1n) is 5.74. The van der Waals surface area contributed by atoms with E-state index in [-0.39, 0.29) is 17.9 Å². The monoisotopic (exact) mass is 267 g/mol. The maximum Gasteiger partial charge on any atom is 0.255 e. The molecule has 1 fully saturated rings. The third-order valence-electron chi connectivity index (χ3n) is 2.86. The first-order chi connectivity index (χ1) is 8.56. The second-order valence-corrected chi connectivity index (χ2v) is 4.69. The molecule has 2 amide bonds. The molecule has 6 heteroatoms. The molecule has 1 aliphatic rings. The highest BCUT2D eigenvalue weighted by Gasteiger charge is 2.27. The van der Waals surface area contributed by atoms with Crippen molar-refractivity contribution in [1.29, 1.82) is 0 Å². The van der Waals surface area contributed by atoms with Crippen LogP contribution in [0.4, 0.5) is 0 Å². The van der Waals surface area contributed by atoms with Crippen molar-refractivity contribution in [2.24, 2.45) is 0 Å². The standard InChI is InChI=1S/C12H14ClN3O2/c1-8(17)15-10-4-5-16(7-10)12(18)9-2-3-11(13)14-6-9/h2-3,6,10H,4-5,7H2,1H3,(H,15,17). The van der Waals surface area contributed by atoms with Crippen molar-refractivity contribution in [2.45, 2.75) is 19.4 Å². The van der Waals surface area contributed by atoms with E-state index < -0.39 is 0 Å². The van der Waals surface area contributed by atoms with Crippen LogP contribution in [0.5, 0.6) is 0 Å². The Hall–Kier alpha value is -1.62. The van der Waals surface area contributed by atoms with Crippen molar-refractivity contribution in [1.82, 2.24) is 15.2 Å². The van der Waals surface area contributed by atoms with Gasteiger partial charge in [0.1, 0.15) is 5.15 Å². The van der Waals surface area contributed by atoms with E-state index in [0.29, 0.717) is 23.8 Å². The fraction of sp³-hybridized carbons (Fsp3) is 0.417. The number of aromatic nitrogens is 1. The lowest BCUT2D eigenvalue weighted by atomic mass is 10.2. The Labute approximate surface area is 110 Å². The van der Waals surface area contributed by atoms with Gasteiger partial charge in [-0.25, -0.2) is 4.98 Å². The Bertz CT molecular complexity index is 461. The molecule has 0 bridgehead atoms. The SMILES string of the molecule is CC(=O)NC1CCN(C(=O)c2ccc(Cl)nc2)C1. The molecule has 2 heterocycles. The van der Waals surface area contributed by atoms with Gasteiger partial charge in [0.25, 0.3) is 5.91 Å². The number of nitrogens with one attached hydrogen (secondary N) is 1. The summed E-state index contributed by atoms with van der Waals surface area (Å²) in [7, 11) is 0. The van der Waals surface area contributed by atoms with Gasteiger partial charge >= 0.3 is 0 Å². The van der Waals surface area contributed by atoms with E-state index >= 15 is 0 Å². The molecule has 1 unspecified atom stereocenters. The third-order valence-corrected chi connectivity index (χ3v) is 3.08. The van der Waals surface area contributed by atoms with Crippen molar-refractivity contribution in [3.63, 3.8) is 0 Å². The van der Waals surface area contributed by atoms with Gasteiger partial charge in [0.05, 0.1) is 5.56 Å². The lowest BCUT2D eigenvalue weighted by Gasteiger charge is -2.16. The number of carbonyl (C=O) groups is 2. The maximum atomic E-state index is 12.1. The summed E-state index contributed by atoms with van der Waals surface area (Å²) in [5.41, 5.74) is 0.517. The quantitative estimate of drug-likeness (QED) is 0.816. The van der Waals surface area contributed by atoms with Crippen LogP contribution < -0.4 is 5.32 Å². The Balaban J connectivity index is 1.99. The zero-order valence-electron chi connectivity index (χ0n) is 10.0. The minimum absolute atomic E-state index is 0.0479. The first kappa shape index (κ1) is 12.8. The highest BCUT2D eigenvalue weighted by molar-refractivity contribution is 6.29. The van der Waals surface area contributed by atoms with E-state index in [1.165, 1.54) is 13.1 Å². The minimum atomic E-state index is -0.0768. The second kappa shape index (κ2) is 5.35. The Morgan fingerprint density at radius 2 is 2.28 bits per heavy atom. The lowest BCUT2D eigenvalue weighted by molar-refractivity contribution is -0.119. The van der Waals surface area contributed by atoms with Gasteiger partial charge in [-0.2, -0.15) is 0 Å². The van der Waals surface area contributed by atoms with Gasteiger partial charge in [0, 0.05) is 32.3 Å². The van der Waals surface area contributed by atoms with E-state index in [1.54, 1.807) is 17.0 Å². The van der Waals surface area contributed by atoms with E-state index in [2.05, 4.69) is 10.3 Å². The van der Waals surface area contributed by atoms with Crippen LogP contribution in [0.3, 0.4) is 0 Å². The van der Waals surface area contributed by atoms with Gasteiger partial charge < -0.3 is 10.2 Å². The van der Waals surface area contributed by atoms with E-state index in [1.807, 2.05) is 0 Å². The minimum Gasteiger partial charge on any atom is -0.352 e. The van der Waals surface area contributed by atoms with E-state index in [4.69, 9.17) is 11.6 Å². The van der Waals surface area contributed by atoms with E-state index in [9.17, 15) is 9.59 Å². The summed E-state index contributed by atoms with van der Waals surface area (Å²) in [6.07, 6.45) is 2.25. The van der Waals surface area contributed by atoms with Crippen LogP contribution in [0.15, 0.2) is 18.3 Å². The highest BCUT2D eigenvalue weighted by Crippen LogP contribution is 2.14. The average Bonchev–Trinajstić information content (AvgIpc) is 2.76. The molecule has 2 rings (SSSR count). The summed E-state index contributed by atoms with van der Waals surface area (Å²) in [6, 6.07) is 3.30. The van der Waals surface area contributed by atoms with Gasteiger partial charge in [-0.3, -0.25) is 9.59 Å². The fourth-order valence-electron chi connectivity index (χ4n) is 2.03. The molecule has 0 saturated carbocycles. The van der Waals surface area contributed by atoms with Crippen LogP contribution in [-0.4, -0.2) is 40.8 Å². The molecule has 1 aromatic heterocycles. The number of rotatable bonds is 2. The number of likely N-dealkylation sites (tertiary alicyclic amines) is 1. The van der Waals surface area contributed by atoms with Crippen LogP contribution in [0.1, 0.15) is 23.7 Å². The molecule has 0 aliphatic carbocycles. The molecule has 0 radical (unpaired) electrons. The predicted octanol–water partition coefficient (Wildman–Crippen LogP) is 1.09. The van der Waals surface area contributed by atoms with Gasteiger partial charge in [-0.05, 0) is 18.6 Å². The fourth-order valence-corrected chi connectivity index (χ4v) is 2.15. The summed E-state index contributed by atoms with van der Waals surface area (Å²) < 4.78 is 0. The number of nitrogens with zero attached hydrogens (tertiary/aromatic N) is 2. The molecule has 5 nitrogen and oxygen atoms in total. The molecule has 0 spiro atoms. The van der Waals surface area contributed by atoms with Gasteiger partial charge in [0.2, 0.25) is 5.91 Å². The van der Waals surface area contributed by atoms with Gasteiger partial charge in [-0.1, -0.05) is 11.6 Å². The van der Waals surface area contributed by atoms with Crippen molar-refractivity contribution in [2.75, 3.05) is 13.1 Å². The van der Waals surface area contributed by atoms with Crippen LogP contribution in [0, 0.1) is 0 Å². The zero-order valence-corrected chi connectivity index (χ0v) is 10.8. The highest BCUT2D eigenvalue weighted by atomic mass is 35.5. The number of hydrogen-bond acceptors (Lipinski definition) is 3. The van der Waals surface area contributed by atoms with Crippen molar-refractivity contribution in [3.05, 3.63) is 29.0 Å². The normalized spacial score (nSPS) is 18.8. The number of pyridine rings is 1. The van der Waals surface area contributed by atoms with Crippen molar-refractivity contribution >= 4 is 23.4 Å². The molecular formula is C12H14ClN3O2. The summed E-state index contributed by atoms with van der Waals surface area (Å²) in [5, 5.41) is 3.18. The van der Waals surface area contributed by atoms with E-state index in [0.717, 1.165) is 6.42 Å². The summed E-state index contributed by atoms with van der Waals surface area (Å²) in [6.45, 7) is 2.67. The molecule has 0 aromatic carbocycles. The van der Waals surface area contributed by atoms with Gasteiger partial charge in [-0.15, -0.1) is 0 Å². The number of carbonyl (C=O) groups excluding carboxylic acids is 2. The topological polar surface area (TPSA) is 62.3 Å². The first-order valence-corrected chi connectivity index (χ1v) is 6.12. The molecule has 1 saturated heterocycles. The number of halogens is 1. The van der Waals surface area contributed by atoms with Gasteiger partial charge in [0.15, 0.2) is 0 Å². The van der Waals surface area contributed by atoms with Crippen molar-refractivity contribution < 1.29 is 9.59 Å². The molecule has 1 N–H and O–H groups in total.